The minimum absolute atomic E-state index is 0.00410. The summed E-state index contributed by atoms with van der Waals surface area (Å²) in [5.74, 6) is -0.705. The summed E-state index contributed by atoms with van der Waals surface area (Å²) < 4.78 is 16.4. The first kappa shape index (κ1) is 24.6. The fourth-order valence-corrected chi connectivity index (χ4v) is 3.92. The number of hydrogen-bond donors (Lipinski definition) is 1. The van der Waals surface area contributed by atoms with Crippen molar-refractivity contribution in [1.82, 2.24) is 4.90 Å². The number of halogens is 1. The molecule has 0 saturated carbocycles. The van der Waals surface area contributed by atoms with Gasteiger partial charge < -0.3 is 24.2 Å². The maximum absolute atomic E-state index is 13.1. The van der Waals surface area contributed by atoms with Gasteiger partial charge in [0.15, 0.2) is 0 Å². The van der Waals surface area contributed by atoms with Crippen molar-refractivity contribution in [3.8, 4) is 11.5 Å². The van der Waals surface area contributed by atoms with Gasteiger partial charge in [-0.15, -0.1) is 0 Å². The Bertz CT molecular complexity index is 1050. The number of ether oxygens (including phenoxy) is 3. The van der Waals surface area contributed by atoms with E-state index in [4.69, 9.17) is 25.8 Å². The number of aliphatic hydroxyl groups excluding tert-OH is 1. The maximum Gasteiger partial charge on any atom is 0.295 e. The Kier molecular flexibility index (Phi) is 8.00. The molecule has 33 heavy (non-hydrogen) atoms. The van der Waals surface area contributed by atoms with Gasteiger partial charge in [0.2, 0.25) is 0 Å². The summed E-state index contributed by atoms with van der Waals surface area (Å²) >= 11 is 5.97. The topological polar surface area (TPSA) is 85.3 Å². The summed E-state index contributed by atoms with van der Waals surface area (Å²) in [6.07, 6.45) is 0.587. The second kappa shape index (κ2) is 10.7. The lowest BCUT2D eigenvalue weighted by molar-refractivity contribution is -0.140. The molecule has 1 saturated heterocycles. The van der Waals surface area contributed by atoms with Crippen LogP contribution in [-0.2, 0) is 14.3 Å². The minimum Gasteiger partial charge on any atom is -0.507 e. The van der Waals surface area contributed by atoms with E-state index in [0.717, 1.165) is 0 Å². The monoisotopic (exact) mass is 473 g/mol. The lowest BCUT2D eigenvalue weighted by atomic mass is 9.94. The van der Waals surface area contributed by atoms with Crippen LogP contribution in [0.4, 0.5) is 0 Å². The third-order valence-corrected chi connectivity index (χ3v) is 5.64. The second-order valence-corrected chi connectivity index (χ2v) is 8.32. The number of carbonyl (C=O) groups excluding carboxylic acids is 2. The molecule has 3 rings (SSSR count). The molecule has 0 spiro atoms. The van der Waals surface area contributed by atoms with Gasteiger partial charge in [0.05, 0.1) is 31.9 Å². The Morgan fingerprint density at radius 2 is 1.79 bits per heavy atom. The molecule has 1 heterocycles. The van der Waals surface area contributed by atoms with Crippen molar-refractivity contribution in [2.75, 3.05) is 27.4 Å². The van der Waals surface area contributed by atoms with Crippen molar-refractivity contribution in [2.45, 2.75) is 32.4 Å². The lowest BCUT2D eigenvalue weighted by Crippen LogP contribution is -2.31. The number of amides is 1. The summed E-state index contributed by atoms with van der Waals surface area (Å²) in [6.45, 7) is 4.57. The number of benzene rings is 2. The third-order valence-electron chi connectivity index (χ3n) is 5.39. The van der Waals surface area contributed by atoms with E-state index in [1.54, 1.807) is 42.5 Å². The molecule has 1 amide bonds. The van der Waals surface area contributed by atoms with Gasteiger partial charge in [-0.05, 0) is 56.7 Å². The predicted molar refractivity (Wildman–Crippen MR) is 126 cm³/mol. The van der Waals surface area contributed by atoms with Gasteiger partial charge in [-0.1, -0.05) is 11.6 Å². The van der Waals surface area contributed by atoms with Gasteiger partial charge in [0.1, 0.15) is 17.3 Å². The average molecular weight is 474 g/mol. The summed E-state index contributed by atoms with van der Waals surface area (Å²) in [7, 11) is 3.04. The molecule has 1 N–H and O–H groups in total. The summed E-state index contributed by atoms with van der Waals surface area (Å²) in [5.41, 5.74) is 0.950. The molecule has 1 aliphatic rings. The van der Waals surface area contributed by atoms with Gasteiger partial charge in [0, 0.05) is 35.4 Å². The molecule has 0 radical (unpaired) electrons. The van der Waals surface area contributed by atoms with Crippen molar-refractivity contribution in [3.63, 3.8) is 0 Å². The Balaban J connectivity index is 2.11. The normalized spacial score (nSPS) is 17.6. The van der Waals surface area contributed by atoms with Crippen LogP contribution in [-0.4, -0.2) is 55.2 Å². The quantitative estimate of drug-likeness (QED) is 0.248. The number of carbonyl (C=O) groups is 2. The van der Waals surface area contributed by atoms with E-state index >= 15 is 0 Å². The number of hydrogen-bond acceptors (Lipinski definition) is 6. The van der Waals surface area contributed by atoms with Crippen molar-refractivity contribution in [2.24, 2.45) is 0 Å². The van der Waals surface area contributed by atoms with Gasteiger partial charge >= 0.3 is 0 Å². The number of rotatable bonds is 9. The second-order valence-electron chi connectivity index (χ2n) is 7.88. The first-order valence-corrected chi connectivity index (χ1v) is 11.0. The number of methoxy groups -OCH3 is 2. The smallest absolute Gasteiger partial charge is 0.295 e. The van der Waals surface area contributed by atoms with Crippen LogP contribution < -0.4 is 9.47 Å². The lowest BCUT2D eigenvalue weighted by Gasteiger charge is -2.27. The standard InChI is InChI=1S/C25H28ClNO6/c1-15(2)33-13-5-12-27-22(19-11-10-18(31-3)14-20(19)32-4)21(24(29)25(27)30)23(28)16-6-8-17(26)9-7-16/h6-11,14-15,22,28H,5,12-13H2,1-4H3/t22-/m1/s1. The predicted octanol–water partition coefficient (Wildman–Crippen LogP) is 4.59. The Labute approximate surface area is 198 Å². The highest BCUT2D eigenvalue weighted by Gasteiger charge is 2.46. The van der Waals surface area contributed by atoms with E-state index in [9.17, 15) is 14.7 Å². The van der Waals surface area contributed by atoms with Crippen molar-refractivity contribution in [3.05, 3.63) is 64.2 Å². The zero-order valence-electron chi connectivity index (χ0n) is 19.1. The number of ketones is 1. The van der Waals surface area contributed by atoms with E-state index in [2.05, 4.69) is 0 Å². The van der Waals surface area contributed by atoms with Crippen LogP contribution >= 0.6 is 11.6 Å². The first-order valence-electron chi connectivity index (χ1n) is 10.7. The molecule has 0 unspecified atom stereocenters. The zero-order chi connectivity index (χ0) is 24.1. The number of Topliss-reactive ketones (excluding diaryl/α,β-unsaturated/α-hetero) is 1. The summed E-state index contributed by atoms with van der Waals surface area (Å²) in [4.78, 5) is 27.6. The van der Waals surface area contributed by atoms with Crippen LogP contribution in [0.2, 0.25) is 5.02 Å². The number of aliphatic hydroxyl groups is 1. The van der Waals surface area contributed by atoms with Crippen molar-refractivity contribution in [1.29, 1.82) is 0 Å². The van der Waals surface area contributed by atoms with Crippen LogP contribution in [0, 0.1) is 0 Å². The molecule has 2 aromatic rings. The largest absolute Gasteiger partial charge is 0.507 e. The summed E-state index contributed by atoms with van der Waals surface area (Å²) in [6, 6.07) is 10.7. The number of likely N-dealkylation sites (tertiary alicyclic amines) is 1. The molecule has 2 aromatic carbocycles. The molecule has 0 aliphatic carbocycles. The highest BCUT2D eigenvalue weighted by atomic mass is 35.5. The molecular formula is C25H28ClNO6. The van der Waals surface area contributed by atoms with E-state index in [1.165, 1.54) is 19.1 Å². The fourth-order valence-electron chi connectivity index (χ4n) is 3.80. The molecule has 7 nitrogen and oxygen atoms in total. The average Bonchev–Trinajstić information content (AvgIpc) is 3.06. The molecule has 1 atom stereocenters. The molecule has 0 bridgehead atoms. The van der Waals surface area contributed by atoms with Crippen molar-refractivity contribution < 1.29 is 28.9 Å². The SMILES string of the molecule is COc1ccc([C@@H]2C(=C(O)c3ccc(Cl)cc3)C(=O)C(=O)N2CCCOC(C)C)c(OC)c1. The van der Waals surface area contributed by atoms with Gasteiger partial charge in [-0.25, -0.2) is 0 Å². The molecule has 1 fully saturated rings. The molecular weight excluding hydrogens is 446 g/mol. The third kappa shape index (κ3) is 5.31. The van der Waals surface area contributed by atoms with E-state index in [1.807, 2.05) is 13.8 Å². The zero-order valence-corrected chi connectivity index (χ0v) is 19.9. The van der Waals surface area contributed by atoms with Gasteiger partial charge in [-0.3, -0.25) is 9.59 Å². The highest BCUT2D eigenvalue weighted by molar-refractivity contribution is 6.46. The fraction of sp³-hybridized carbons (Fsp3) is 0.360. The Hall–Kier alpha value is -3.03. The number of nitrogens with zero attached hydrogens (tertiary/aromatic N) is 1. The first-order chi connectivity index (χ1) is 15.8. The minimum atomic E-state index is -0.833. The van der Waals surface area contributed by atoms with E-state index < -0.39 is 17.7 Å². The maximum atomic E-state index is 13.1. The molecule has 176 valence electrons. The van der Waals surface area contributed by atoms with Crippen LogP contribution in [0.25, 0.3) is 5.76 Å². The van der Waals surface area contributed by atoms with Crippen molar-refractivity contribution >= 4 is 29.1 Å². The van der Waals surface area contributed by atoms with Crippen LogP contribution in [0.5, 0.6) is 11.5 Å². The van der Waals surface area contributed by atoms with Crippen LogP contribution in [0.1, 0.15) is 37.4 Å². The van der Waals surface area contributed by atoms with E-state index in [0.29, 0.717) is 40.7 Å². The van der Waals surface area contributed by atoms with Crippen LogP contribution in [0.3, 0.4) is 0 Å². The van der Waals surface area contributed by atoms with E-state index in [-0.39, 0.29) is 24.0 Å². The Morgan fingerprint density at radius 3 is 2.39 bits per heavy atom. The van der Waals surface area contributed by atoms with Gasteiger partial charge in [0.25, 0.3) is 11.7 Å². The van der Waals surface area contributed by atoms with Gasteiger partial charge in [-0.2, -0.15) is 0 Å². The highest BCUT2D eigenvalue weighted by Crippen LogP contribution is 2.43. The molecule has 8 heteroatoms. The molecule has 1 aliphatic heterocycles. The summed E-state index contributed by atoms with van der Waals surface area (Å²) in [5, 5.41) is 11.6. The molecule has 0 aromatic heterocycles. The van der Waals surface area contributed by atoms with Crippen LogP contribution in [0.15, 0.2) is 48.0 Å². The Morgan fingerprint density at radius 1 is 1.09 bits per heavy atom.